The number of rotatable bonds is 1. The summed E-state index contributed by atoms with van der Waals surface area (Å²) in [6.45, 7) is 1.98. The van der Waals surface area contributed by atoms with Crippen LogP contribution in [0.1, 0.15) is 6.92 Å². The van der Waals surface area contributed by atoms with E-state index in [0.717, 1.165) is 11.8 Å². The van der Waals surface area contributed by atoms with Crippen molar-refractivity contribution in [3.63, 3.8) is 0 Å². The van der Waals surface area contributed by atoms with Gasteiger partial charge in [0.2, 0.25) is 0 Å². The molecular weight excluding hydrogens is 218 g/mol. The first-order chi connectivity index (χ1) is 7.16. The van der Waals surface area contributed by atoms with E-state index < -0.39 is 11.6 Å². The quantitative estimate of drug-likeness (QED) is 0.799. The summed E-state index contributed by atoms with van der Waals surface area (Å²) in [4.78, 5) is 4.23. The molecule has 0 bridgehead atoms. The highest BCUT2D eigenvalue weighted by Crippen LogP contribution is 2.22. The van der Waals surface area contributed by atoms with E-state index in [1.54, 1.807) is 0 Å². The molecule has 0 radical (unpaired) electrons. The van der Waals surface area contributed by atoms with Crippen LogP contribution < -0.4 is 5.32 Å². The van der Waals surface area contributed by atoms with Crippen LogP contribution in [0.15, 0.2) is 23.2 Å². The van der Waals surface area contributed by atoms with E-state index in [-0.39, 0.29) is 11.7 Å². The minimum atomic E-state index is -0.861. The van der Waals surface area contributed by atoms with Gasteiger partial charge in [0.05, 0.1) is 11.7 Å². The van der Waals surface area contributed by atoms with Gasteiger partial charge in [0, 0.05) is 5.75 Å². The van der Waals surface area contributed by atoms with Gasteiger partial charge in [0.25, 0.3) is 0 Å². The maximum Gasteiger partial charge on any atom is 0.182 e. The molecule has 1 aromatic rings. The summed E-state index contributed by atoms with van der Waals surface area (Å²) in [6.07, 6.45) is 0. The third-order valence-electron chi connectivity index (χ3n) is 1.99. The SMILES string of the molecule is CC1CSC(Nc2cccc(F)c2F)=N1. The Morgan fingerprint density at radius 2 is 2.27 bits per heavy atom. The van der Waals surface area contributed by atoms with Gasteiger partial charge in [-0.1, -0.05) is 17.8 Å². The molecule has 1 aromatic carbocycles. The zero-order valence-corrected chi connectivity index (χ0v) is 8.94. The van der Waals surface area contributed by atoms with Crippen molar-refractivity contribution in [1.82, 2.24) is 0 Å². The molecule has 5 heteroatoms. The summed E-state index contributed by atoms with van der Waals surface area (Å²) in [5.74, 6) is -0.837. The zero-order chi connectivity index (χ0) is 10.8. The Balaban J connectivity index is 2.18. The maximum absolute atomic E-state index is 13.3. The van der Waals surface area contributed by atoms with Crippen molar-refractivity contribution in [3.05, 3.63) is 29.8 Å². The standard InChI is InChI=1S/C10H10F2N2S/c1-6-5-15-10(13-6)14-8-4-2-3-7(11)9(8)12/h2-4,6H,5H2,1H3,(H,13,14). The van der Waals surface area contributed by atoms with Crippen LogP contribution in [0.3, 0.4) is 0 Å². The Morgan fingerprint density at radius 1 is 1.47 bits per heavy atom. The lowest BCUT2D eigenvalue weighted by Crippen LogP contribution is -2.07. The molecule has 1 unspecified atom stereocenters. The molecule has 0 aliphatic carbocycles. The summed E-state index contributed by atoms with van der Waals surface area (Å²) in [7, 11) is 0. The fourth-order valence-corrected chi connectivity index (χ4v) is 2.17. The molecule has 1 N–H and O–H groups in total. The molecule has 2 nitrogen and oxygen atoms in total. The van der Waals surface area contributed by atoms with Crippen LogP contribution >= 0.6 is 11.8 Å². The Labute approximate surface area is 90.8 Å². The highest BCUT2D eigenvalue weighted by Gasteiger charge is 2.16. The highest BCUT2D eigenvalue weighted by atomic mass is 32.2. The fourth-order valence-electron chi connectivity index (χ4n) is 1.26. The Morgan fingerprint density at radius 3 is 2.93 bits per heavy atom. The van der Waals surface area contributed by atoms with Crippen LogP contribution in [-0.2, 0) is 0 Å². The lowest BCUT2D eigenvalue weighted by Gasteiger charge is -2.06. The topological polar surface area (TPSA) is 24.4 Å². The summed E-state index contributed by atoms with van der Waals surface area (Å²) < 4.78 is 26.1. The van der Waals surface area contributed by atoms with Crippen molar-refractivity contribution < 1.29 is 8.78 Å². The van der Waals surface area contributed by atoms with Crippen molar-refractivity contribution in [3.8, 4) is 0 Å². The normalized spacial score (nSPS) is 20.2. The lowest BCUT2D eigenvalue weighted by molar-refractivity contribution is 0.512. The molecular formula is C10H10F2N2S. The molecule has 1 heterocycles. The number of anilines is 1. The van der Waals surface area contributed by atoms with Crippen molar-refractivity contribution in [2.75, 3.05) is 11.1 Å². The van der Waals surface area contributed by atoms with Crippen LogP contribution in [0.5, 0.6) is 0 Å². The lowest BCUT2D eigenvalue weighted by atomic mass is 10.3. The number of benzene rings is 1. The second kappa shape index (κ2) is 4.18. The number of aliphatic imine (C=N–C) groups is 1. The first-order valence-corrected chi connectivity index (χ1v) is 5.57. The van der Waals surface area contributed by atoms with Gasteiger partial charge in [0.15, 0.2) is 16.8 Å². The molecule has 0 saturated carbocycles. The Hall–Kier alpha value is -1.10. The molecule has 2 rings (SSSR count). The Kier molecular flexibility index (Phi) is 2.90. The summed E-state index contributed by atoms with van der Waals surface area (Å²) in [5.41, 5.74) is 0.135. The largest absolute Gasteiger partial charge is 0.332 e. The van der Waals surface area contributed by atoms with Gasteiger partial charge in [0.1, 0.15) is 0 Å². The van der Waals surface area contributed by atoms with E-state index >= 15 is 0 Å². The second-order valence-electron chi connectivity index (χ2n) is 3.32. The fraction of sp³-hybridized carbons (Fsp3) is 0.300. The van der Waals surface area contributed by atoms with Gasteiger partial charge in [-0.2, -0.15) is 0 Å². The van der Waals surface area contributed by atoms with E-state index in [1.165, 1.54) is 23.9 Å². The molecule has 80 valence electrons. The molecule has 1 aliphatic rings. The first-order valence-electron chi connectivity index (χ1n) is 4.58. The van der Waals surface area contributed by atoms with Crippen molar-refractivity contribution in [2.45, 2.75) is 13.0 Å². The average molecular weight is 228 g/mol. The smallest absolute Gasteiger partial charge is 0.182 e. The van der Waals surface area contributed by atoms with E-state index in [2.05, 4.69) is 10.3 Å². The van der Waals surface area contributed by atoms with Gasteiger partial charge in [-0.25, -0.2) is 8.78 Å². The summed E-state index contributed by atoms with van der Waals surface area (Å²) >= 11 is 1.51. The minimum absolute atomic E-state index is 0.135. The van der Waals surface area contributed by atoms with E-state index in [9.17, 15) is 8.78 Å². The molecule has 0 aromatic heterocycles. The third kappa shape index (κ3) is 2.28. The maximum atomic E-state index is 13.3. The second-order valence-corrected chi connectivity index (χ2v) is 4.33. The van der Waals surface area contributed by atoms with E-state index in [1.807, 2.05) is 6.92 Å². The number of hydrogen-bond donors (Lipinski definition) is 1. The van der Waals surface area contributed by atoms with Crippen LogP contribution in [-0.4, -0.2) is 17.0 Å². The monoisotopic (exact) mass is 228 g/mol. The van der Waals surface area contributed by atoms with Crippen LogP contribution in [0.25, 0.3) is 0 Å². The van der Waals surface area contributed by atoms with Gasteiger partial charge in [-0.15, -0.1) is 0 Å². The van der Waals surface area contributed by atoms with Crippen molar-refractivity contribution in [1.29, 1.82) is 0 Å². The van der Waals surface area contributed by atoms with E-state index in [4.69, 9.17) is 0 Å². The molecule has 0 amide bonds. The number of thioether (sulfide) groups is 1. The van der Waals surface area contributed by atoms with Gasteiger partial charge in [-0.05, 0) is 19.1 Å². The van der Waals surface area contributed by atoms with Crippen molar-refractivity contribution >= 4 is 22.6 Å². The van der Waals surface area contributed by atoms with Crippen LogP contribution in [0.2, 0.25) is 0 Å². The first kappa shape index (κ1) is 10.4. The van der Waals surface area contributed by atoms with Crippen LogP contribution in [0, 0.1) is 11.6 Å². The molecule has 1 atom stereocenters. The van der Waals surface area contributed by atoms with Crippen molar-refractivity contribution in [2.24, 2.45) is 4.99 Å². The van der Waals surface area contributed by atoms with Gasteiger partial charge >= 0.3 is 0 Å². The predicted octanol–water partition coefficient (Wildman–Crippen LogP) is 2.87. The number of halogens is 2. The average Bonchev–Trinajstić information content (AvgIpc) is 2.59. The van der Waals surface area contributed by atoms with Gasteiger partial charge < -0.3 is 5.32 Å². The zero-order valence-electron chi connectivity index (χ0n) is 8.13. The molecule has 1 aliphatic heterocycles. The number of nitrogens with zero attached hydrogens (tertiary/aromatic N) is 1. The summed E-state index contributed by atoms with van der Waals surface area (Å²) in [6, 6.07) is 4.27. The van der Waals surface area contributed by atoms with E-state index in [0.29, 0.717) is 5.17 Å². The number of amidine groups is 1. The molecule has 0 saturated heterocycles. The minimum Gasteiger partial charge on any atom is -0.332 e. The van der Waals surface area contributed by atoms with Gasteiger partial charge in [-0.3, -0.25) is 4.99 Å². The molecule has 0 spiro atoms. The molecule has 15 heavy (non-hydrogen) atoms. The predicted molar refractivity (Wildman–Crippen MR) is 59.3 cm³/mol. The molecule has 0 fully saturated rings. The summed E-state index contributed by atoms with van der Waals surface area (Å²) in [5, 5.41) is 3.42. The Bertz CT molecular complexity index is 406. The van der Waals surface area contributed by atoms with Crippen LogP contribution in [0.4, 0.5) is 14.5 Å². The third-order valence-corrected chi connectivity index (χ3v) is 3.12. The highest BCUT2D eigenvalue weighted by molar-refractivity contribution is 8.14. The number of nitrogens with one attached hydrogen (secondary N) is 1. The number of hydrogen-bond acceptors (Lipinski definition) is 3.